The predicted molar refractivity (Wildman–Crippen MR) is 93.6 cm³/mol. The molecule has 0 aliphatic carbocycles. The molecule has 0 aliphatic heterocycles. The van der Waals surface area contributed by atoms with Crippen LogP contribution in [-0.4, -0.2) is 27.3 Å². The summed E-state index contributed by atoms with van der Waals surface area (Å²) in [5.74, 6) is 0.113. The smallest absolute Gasteiger partial charge is 0.262 e. The lowest BCUT2D eigenvalue weighted by atomic mass is 10.2. The van der Waals surface area contributed by atoms with E-state index in [4.69, 9.17) is 16.3 Å². The topological polar surface area (TPSA) is 69.0 Å². The number of nitrogens with one attached hydrogen (secondary N) is 1. The summed E-state index contributed by atoms with van der Waals surface area (Å²) in [6, 6.07) is 8.75. The molecule has 0 fully saturated rings. The molecule has 7 heteroatoms. The largest absolute Gasteiger partial charge is 0.467 e. The Morgan fingerprint density at radius 2 is 2.12 bits per heavy atom. The monoisotopic (exact) mass is 344 g/mol. The molecule has 2 aromatic heterocycles. The lowest BCUT2D eigenvalue weighted by Gasteiger charge is -2.08. The number of fused-ring (bicyclic) bond motifs is 1. The fourth-order valence-corrected chi connectivity index (χ4v) is 2.80. The van der Waals surface area contributed by atoms with Gasteiger partial charge in [0, 0.05) is 29.2 Å². The number of carbonyl (C=O) groups excluding carboxylic acids is 1. The van der Waals surface area contributed by atoms with Gasteiger partial charge in [-0.2, -0.15) is 10.1 Å². The van der Waals surface area contributed by atoms with Crippen LogP contribution < -0.4 is 10.1 Å². The zero-order chi connectivity index (χ0) is 17.3. The average molecular weight is 345 g/mol. The molecule has 24 heavy (non-hydrogen) atoms. The third-order valence-electron chi connectivity index (χ3n) is 3.60. The summed E-state index contributed by atoms with van der Waals surface area (Å²) in [4.78, 5) is 16.4. The zero-order valence-corrected chi connectivity index (χ0v) is 14.4. The highest BCUT2D eigenvalue weighted by Gasteiger charge is 2.12. The van der Waals surface area contributed by atoms with Crippen LogP contribution in [0.25, 0.3) is 11.0 Å². The fraction of sp³-hybridized carbons (Fsp3) is 0.235. The van der Waals surface area contributed by atoms with Crippen LogP contribution in [0.5, 0.6) is 5.88 Å². The molecule has 1 amide bonds. The minimum absolute atomic E-state index is 0.138. The Morgan fingerprint density at radius 1 is 1.33 bits per heavy atom. The second kappa shape index (κ2) is 6.49. The van der Waals surface area contributed by atoms with Crippen molar-refractivity contribution in [3.8, 4) is 5.88 Å². The molecule has 2 heterocycles. The first-order chi connectivity index (χ1) is 11.4. The quantitative estimate of drug-likeness (QED) is 0.788. The van der Waals surface area contributed by atoms with Crippen LogP contribution in [0.4, 0.5) is 5.69 Å². The van der Waals surface area contributed by atoms with Crippen molar-refractivity contribution in [2.45, 2.75) is 13.8 Å². The standard InChI is InChI=1S/C17H17ClN4O2/c1-10-7-15(20-17-16(10)11(2)21-22(17)3)24-9-14(23)19-13-6-4-5-12(18)8-13/h4-8H,9H2,1-3H3,(H,19,23). The van der Waals surface area contributed by atoms with Crippen LogP contribution in [-0.2, 0) is 11.8 Å². The van der Waals surface area contributed by atoms with E-state index in [1.807, 2.05) is 27.0 Å². The third-order valence-corrected chi connectivity index (χ3v) is 3.84. The first-order valence-corrected chi connectivity index (χ1v) is 7.81. The van der Waals surface area contributed by atoms with Gasteiger partial charge in [0.2, 0.25) is 5.88 Å². The lowest BCUT2D eigenvalue weighted by Crippen LogP contribution is -2.20. The molecule has 0 atom stereocenters. The Morgan fingerprint density at radius 3 is 2.88 bits per heavy atom. The average Bonchev–Trinajstić information content (AvgIpc) is 2.80. The Kier molecular flexibility index (Phi) is 4.40. The van der Waals surface area contributed by atoms with Crippen LogP contribution in [0.3, 0.4) is 0 Å². The fourth-order valence-electron chi connectivity index (χ4n) is 2.61. The van der Waals surface area contributed by atoms with Gasteiger partial charge in [-0.15, -0.1) is 0 Å². The number of carbonyl (C=O) groups is 1. The SMILES string of the molecule is Cc1cc(OCC(=O)Nc2cccc(Cl)c2)nc2c1c(C)nn2C. The number of nitrogens with zero attached hydrogens (tertiary/aromatic N) is 3. The molecular weight excluding hydrogens is 328 g/mol. The Hall–Kier alpha value is -2.60. The number of hydrogen-bond acceptors (Lipinski definition) is 4. The molecule has 1 N–H and O–H groups in total. The van der Waals surface area contributed by atoms with Crippen molar-refractivity contribution >= 4 is 34.2 Å². The van der Waals surface area contributed by atoms with Gasteiger partial charge in [0.05, 0.1) is 5.69 Å². The Bertz CT molecular complexity index is 920. The summed E-state index contributed by atoms with van der Waals surface area (Å²) in [6.07, 6.45) is 0. The molecule has 0 unspecified atom stereocenters. The number of aryl methyl sites for hydroxylation is 3. The van der Waals surface area contributed by atoms with E-state index >= 15 is 0 Å². The summed E-state index contributed by atoms with van der Waals surface area (Å²) in [5.41, 5.74) is 3.29. The van der Waals surface area contributed by atoms with Gasteiger partial charge in [-0.25, -0.2) is 0 Å². The maximum atomic E-state index is 12.0. The summed E-state index contributed by atoms with van der Waals surface area (Å²) in [6.45, 7) is 3.77. The number of benzene rings is 1. The van der Waals surface area contributed by atoms with E-state index in [1.54, 1.807) is 28.9 Å². The van der Waals surface area contributed by atoms with Gasteiger partial charge in [-0.1, -0.05) is 17.7 Å². The van der Waals surface area contributed by atoms with Gasteiger partial charge in [-0.3, -0.25) is 9.48 Å². The van der Waals surface area contributed by atoms with Gasteiger partial charge in [0.15, 0.2) is 12.3 Å². The van der Waals surface area contributed by atoms with Crippen molar-refractivity contribution in [2.24, 2.45) is 7.05 Å². The predicted octanol–water partition coefficient (Wildman–Crippen LogP) is 3.26. The molecule has 3 aromatic rings. The number of anilines is 1. The van der Waals surface area contributed by atoms with E-state index in [-0.39, 0.29) is 12.5 Å². The van der Waals surface area contributed by atoms with Crippen LogP contribution in [0.15, 0.2) is 30.3 Å². The number of aromatic nitrogens is 3. The molecule has 0 saturated heterocycles. The van der Waals surface area contributed by atoms with Crippen LogP contribution in [0, 0.1) is 13.8 Å². The second-order valence-electron chi connectivity index (χ2n) is 5.53. The number of halogens is 1. The third kappa shape index (κ3) is 3.33. The van der Waals surface area contributed by atoms with Crippen LogP contribution in [0.1, 0.15) is 11.3 Å². The van der Waals surface area contributed by atoms with E-state index in [2.05, 4.69) is 15.4 Å². The van der Waals surface area contributed by atoms with Crippen molar-refractivity contribution in [1.29, 1.82) is 0 Å². The lowest BCUT2D eigenvalue weighted by molar-refractivity contribution is -0.118. The van der Waals surface area contributed by atoms with Gasteiger partial charge in [-0.05, 0) is 37.6 Å². The van der Waals surface area contributed by atoms with Gasteiger partial charge < -0.3 is 10.1 Å². The highest BCUT2D eigenvalue weighted by atomic mass is 35.5. The number of ether oxygens (including phenoxy) is 1. The Balaban J connectivity index is 1.71. The molecule has 0 aliphatic rings. The van der Waals surface area contributed by atoms with E-state index < -0.39 is 0 Å². The minimum Gasteiger partial charge on any atom is -0.467 e. The van der Waals surface area contributed by atoms with E-state index in [9.17, 15) is 4.79 Å². The molecule has 6 nitrogen and oxygen atoms in total. The van der Waals surface area contributed by atoms with Crippen LogP contribution in [0.2, 0.25) is 5.02 Å². The van der Waals surface area contributed by atoms with Gasteiger partial charge in [0.1, 0.15) is 0 Å². The number of pyridine rings is 1. The van der Waals surface area contributed by atoms with Crippen molar-refractivity contribution in [1.82, 2.24) is 14.8 Å². The molecule has 3 rings (SSSR count). The summed E-state index contributed by atoms with van der Waals surface area (Å²) < 4.78 is 7.23. The number of rotatable bonds is 4. The maximum absolute atomic E-state index is 12.0. The molecule has 124 valence electrons. The summed E-state index contributed by atoms with van der Waals surface area (Å²) >= 11 is 5.89. The first-order valence-electron chi connectivity index (χ1n) is 7.43. The van der Waals surface area contributed by atoms with Crippen molar-refractivity contribution in [3.63, 3.8) is 0 Å². The maximum Gasteiger partial charge on any atom is 0.262 e. The van der Waals surface area contributed by atoms with E-state index in [0.29, 0.717) is 16.6 Å². The van der Waals surface area contributed by atoms with Gasteiger partial charge >= 0.3 is 0 Å². The molecule has 0 bridgehead atoms. The molecule has 1 aromatic carbocycles. The van der Waals surface area contributed by atoms with Gasteiger partial charge in [0.25, 0.3) is 5.91 Å². The highest BCUT2D eigenvalue weighted by Crippen LogP contribution is 2.23. The number of amides is 1. The van der Waals surface area contributed by atoms with Crippen molar-refractivity contribution < 1.29 is 9.53 Å². The molecule has 0 spiro atoms. The van der Waals surface area contributed by atoms with E-state index in [1.165, 1.54) is 0 Å². The second-order valence-corrected chi connectivity index (χ2v) is 5.97. The molecule has 0 saturated carbocycles. The molecule has 0 radical (unpaired) electrons. The van der Waals surface area contributed by atoms with Crippen LogP contribution >= 0.6 is 11.6 Å². The number of hydrogen-bond donors (Lipinski definition) is 1. The van der Waals surface area contributed by atoms with Crippen molar-refractivity contribution in [2.75, 3.05) is 11.9 Å². The summed E-state index contributed by atoms with van der Waals surface area (Å²) in [5, 5.41) is 8.65. The normalized spacial score (nSPS) is 10.8. The first kappa shape index (κ1) is 16.3. The zero-order valence-electron chi connectivity index (χ0n) is 13.6. The Labute approximate surface area is 144 Å². The highest BCUT2D eigenvalue weighted by molar-refractivity contribution is 6.30. The minimum atomic E-state index is -0.280. The van der Waals surface area contributed by atoms with Crippen molar-refractivity contribution in [3.05, 3.63) is 46.6 Å². The van der Waals surface area contributed by atoms with E-state index in [0.717, 1.165) is 22.3 Å². The molecular formula is C17H17ClN4O2. The summed E-state index contributed by atoms with van der Waals surface area (Å²) in [7, 11) is 1.83.